The number of nitrogens with zero attached hydrogens (tertiary/aromatic N) is 6. The Kier molecular flexibility index (Phi) is 27.9. The molecular weight excluding hydrogens is 1230 g/mol. The SMILES string of the molecule is CCCCCCCCCCn1cc(-c2nnc(-c3ccc(C(=O)N[C@H]4CC(O)CNC(=O)C5C(O)C(C)CN5C(=O)C(C(O)CC(N)=O)NC(=O)C(C(O)Cc5ccc(O)c(OSOO[O-])c5)NC(=O)C5CC(O)CN5C(=O)C(C(C)O)NC4=O)cc3)o2)cn1.[Na+]. The molecule has 0 aliphatic carbocycles. The number of unbranched alkanes of at least 4 members (excludes halogenated alkanes) is 7. The molecule has 14 N–H and O–H groups in total. The molecule has 13 atom stereocenters. The van der Waals surface area contributed by atoms with Crippen molar-refractivity contribution >= 4 is 59.6 Å². The Morgan fingerprint density at radius 3 is 2.12 bits per heavy atom. The van der Waals surface area contributed by atoms with Crippen LogP contribution >= 0.6 is 12.3 Å². The van der Waals surface area contributed by atoms with Crippen LogP contribution in [0.15, 0.2) is 59.3 Å². The number of benzene rings is 2. The number of nitrogens with one attached hydrogen (secondary N) is 5. The summed E-state index contributed by atoms with van der Waals surface area (Å²) < 4.78 is 16.9. The summed E-state index contributed by atoms with van der Waals surface area (Å²) >= 11 is -0.00679. The van der Waals surface area contributed by atoms with E-state index in [1.54, 1.807) is 6.20 Å². The van der Waals surface area contributed by atoms with Gasteiger partial charge in [0.15, 0.2) is 11.5 Å². The summed E-state index contributed by atoms with van der Waals surface area (Å²) in [6.07, 6.45) is -0.951. The van der Waals surface area contributed by atoms with Crippen LogP contribution in [0, 0.1) is 5.92 Å². The molecule has 12 unspecified atom stereocenters. The average Bonchev–Trinajstić information content (AvgIpc) is 1.77. The fraction of sp³-hybridized carbons (Fsp3) is 0.561. The predicted molar refractivity (Wildman–Crippen MR) is 311 cm³/mol. The summed E-state index contributed by atoms with van der Waals surface area (Å²) in [6, 6.07) is -2.56. The molecule has 32 nitrogen and oxygen atoms in total. The number of aryl methyl sites for hydroxylation is 1. The van der Waals surface area contributed by atoms with Crippen molar-refractivity contribution in [2.45, 2.75) is 177 Å². The van der Waals surface area contributed by atoms with Crippen molar-refractivity contribution in [2.24, 2.45) is 11.7 Å². The summed E-state index contributed by atoms with van der Waals surface area (Å²) in [5.41, 5.74) is 6.43. The molecule has 2 aromatic heterocycles. The monoisotopic (exact) mass is 1300 g/mol. The number of carbonyl (C=O) groups is 8. The standard InChI is InChI=1S/C57H78N12O20S.Na/c1-4-5-6-7-8-9-10-11-18-67-27-34(24-60-67)55-66-65-54(86-55)33-15-13-32(14-16-33)49(78)61-37-21-35(71)25-59-53(82)47-48(77)29(2)26-69(47)57(84)46(41(75)23-43(58)76)64-52(81)45(40(74)19-31-12-17-39(73)42(20-31)87-90-89-88-85)63-51(80)38-22-36(72)28-68(38)56(83)44(30(3)70)62-50(37)79;/h12-17,20,24,27,29-30,35-38,40-41,44-48,70-75,77,85H,4-11,18-19,21-23,25-26,28H2,1-3H3,(H2,58,76)(H,59,82)(H,61,78)(H,62,79)(H,63,80)(H,64,81);/q;+1/p-1/t29?,30?,35?,36?,37-,38?,40?,41?,44?,45?,46?,47?,48?;/m0./s1. The van der Waals surface area contributed by atoms with E-state index in [-0.39, 0.29) is 70.5 Å². The van der Waals surface area contributed by atoms with Crippen molar-refractivity contribution in [3.8, 4) is 34.4 Å². The first kappa shape index (κ1) is 73.2. The number of aromatic nitrogens is 4. The Morgan fingerprint density at radius 2 is 1.45 bits per heavy atom. The molecule has 0 radical (unpaired) electrons. The molecule has 3 saturated heterocycles. The third-order valence-electron chi connectivity index (χ3n) is 15.7. The summed E-state index contributed by atoms with van der Waals surface area (Å²) in [5.74, 6) is -10.9. The Morgan fingerprint density at radius 1 is 0.802 bits per heavy atom. The number of aliphatic hydroxyl groups excluding tert-OH is 6. The van der Waals surface area contributed by atoms with Crippen LogP contribution in [-0.2, 0) is 55.9 Å². The van der Waals surface area contributed by atoms with Crippen molar-refractivity contribution in [3.63, 3.8) is 0 Å². The number of hydrogen-bond acceptors (Lipinski definition) is 24. The third-order valence-corrected chi connectivity index (χ3v) is 16.1. The number of carbonyl (C=O) groups excluding carboxylic acids is 8. The second kappa shape index (κ2) is 34.7. The largest absolute Gasteiger partial charge is 1.00 e. The Bertz CT molecular complexity index is 3120. The van der Waals surface area contributed by atoms with Gasteiger partial charge in [-0.2, -0.15) is 5.10 Å². The predicted octanol–water partition coefficient (Wildman–Crippen LogP) is -5.56. The van der Waals surface area contributed by atoms with Gasteiger partial charge in [-0.3, -0.25) is 48.1 Å². The topological polar surface area (TPSA) is 478 Å². The zero-order chi connectivity index (χ0) is 65.3. The fourth-order valence-corrected chi connectivity index (χ4v) is 11.1. The maximum absolute atomic E-state index is 14.7. The number of phenolic OH excluding ortho intramolecular Hbond substituents is 1. The van der Waals surface area contributed by atoms with Crippen LogP contribution in [0.25, 0.3) is 22.9 Å². The van der Waals surface area contributed by atoms with E-state index in [0.717, 1.165) is 48.1 Å². The summed E-state index contributed by atoms with van der Waals surface area (Å²) in [4.78, 5) is 115. The van der Waals surface area contributed by atoms with Gasteiger partial charge in [-0.15, -0.1) is 14.5 Å². The number of fused-ring (bicyclic) bond motifs is 2. The van der Waals surface area contributed by atoms with Crippen molar-refractivity contribution in [2.75, 3.05) is 19.6 Å². The minimum atomic E-state index is -2.23. The van der Waals surface area contributed by atoms with Gasteiger partial charge in [-0.05, 0) is 55.3 Å². The number of primary amides is 1. The molecule has 3 aliphatic heterocycles. The van der Waals surface area contributed by atoms with Crippen LogP contribution in [0.5, 0.6) is 11.5 Å². The van der Waals surface area contributed by atoms with Crippen LogP contribution in [0.1, 0.15) is 107 Å². The van der Waals surface area contributed by atoms with E-state index in [2.05, 4.69) is 58.2 Å². The summed E-state index contributed by atoms with van der Waals surface area (Å²) in [6.45, 7) is 3.73. The molecule has 8 amide bonds. The first-order chi connectivity index (χ1) is 43.0. The zero-order valence-corrected chi connectivity index (χ0v) is 53.4. The zero-order valence-electron chi connectivity index (χ0n) is 50.6. The van der Waals surface area contributed by atoms with Gasteiger partial charge < -0.3 is 91.7 Å². The average molecular weight is 1310 g/mol. The number of β-amino-alcohol motifs (C(OH)–C–C–N with tert-alkyl or cyclic N) is 1. The molecule has 0 saturated carbocycles. The molecule has 5 heterocycles. The normalized spacial score (nSPS) is 24.7. The van der Waals surface area contributed by atoms with E-state index >= 15 is 0 Å². The number of rotatable bonds is 24. The second-order valence-electron chi connectivity index (χ2n) is 22.7. The van der Waals surface area contributed by atoms with Gasteiger partial charge in [-0.1, -0.05) is 64.9 Å². The second-order valence-corrected chi connectivity index (χ2v) is 23.2. The van der Waals surface area contributed by atoms with Gasteiger partial charge in [0.1, 0.15) is 36.3 Å². The van der Waals surface area contributed by atoms with E-state index in [0.29, 0.717) is 17.7 Å². The van der Waals surface area contributed by atoms with Crippen molar-refractivity contribution in [1.29, 1.82) is 0 Å². The van der Waals surface area contributed by atoms with Gasteiger partial charge in [0.2, 0.25) is 47.2 Å². The number of nitrogens with two attached hydrogens (primary N) is 1. The minimum absolute atomic E-state index is 0. The Labute approximate surface area is 548 Å². The summed E-state index contributed by atoms with van der Waals surface area (Å²) in [7, 11) is 0. The molecular formula is C57H77N12NaO20S. The number of phenols is 1. The number of amides is 8. The quantitative estimate of drug-likeness (QED) is 0.0102. The van der Waals surface area contributed by atoms with Crippen LogP contribution in [0.4, 0.5) is 0 Å². The molecule has 34 heteroatoms. The van der Waals surface area contributed by atoms with E-state index in [1.807, 2.05) is 10.9 Å². The van der Waals surface area contributed by atoms with E-state index in [1.165, 1.54) is 69.4 Å². The number of aromatic hydroxyl groups is 1. The van der Waals surface area contributed by atoms with Crippen LogP contribution in [0.3, 0.4) is 0 Å². The van der Waals surface area contributed by atoms with Crippen LogP contribution < -0.4 is 71.3 Å². The van der Waals surface area contributed by atoms with Gasteiger partial charge in [0, 0.05) is 68.7 Å². The number of aliphatic hydroxyl groups is 6. The smallest absolute Gasteiger partial charge is 0.691 e. The van der Waals surface area contributed by atoms with E-state index in [9.17, 15) is 79.4 Å². The number of hydrogen-bond donors (Lipinski definition) is 13. The molecule has 4 aromatic rings. The van der Waals surface area contributed by atoms with Crippen LogP contribution in [-0.4, -0.2) is 205 Å². The first-order valence-corrected chi connectivity index (χ1v) is 30.2. The molecule has 0 bridgehead atoms. The Balaban J connectivity index is 0.0000132. The fourth-order valence-electron chi connectivity index (χ4n) is 10.9. The maximum Gasteiger partial charge on any atom is 1.00 e. The molecule has 3 aliphatic rings. The maximum atomic E-state index is 14.7. The van der Waals surface area contributed by atoms with E-state index in [4.69, 9.17) is 14.3 Å². The van der Waals surface area contributed by atoms with Crippen molar-refractivity contribution in [3.05, 3.63) is 66.0 Å². The van der Waals surface area contributed by atoms with Gasteiger partial charge in [-0.25, -0.2) is 0 Å². The molecule has 7 rings (SSSR count). The van der Waals surface area contributed by atoms with Gasteiger partial charge >= 0.3 is 29.6 Å². The molecule has 91 heavy (non-hydrogen) atoms. The molecule has 492 valence electrons. The third kappa shape index (κ3) is 19.8. The summed E-state index contributed by atoms with van der Waals surface area (Å²) in [5, 5.41) is 117. The Hall–Kier alpha value is -6.86. The molecule has 3 fully saturated rings. The molecule has 0 spiro atoms. The van der Waals surface area contributed by atoms with Gasteiger partial charge in [0.05, 0.1) is 54.8 Å². The first-order valence-electron chi connectivity index (χ1n) is 29.5. The van der Waals surface area contributed by atoms with Gasteiger partial charge in [0.25, 0.3) is 24.1 Å². The van der Waals surface area contributed by atoms with Crippen molar-refractivity contribution < 1.29 is 127 Å². The molecule has 2 aromatic carbocycles. The minimum Gasteiger partial charge on any atom is -0.691 e. The van der Waals surface area contributed by atoms with Crippen LogP contribution in [0.2, 0.25) is 0 Å². The van der Waals surface area contributed by atoms with Crippen molar-refractivity contribution in [1.82, 2.24) is 56.4 Å². The van der Waals surface area contributed by atoms with E-state index < -0.39 is 177 Å².